The van der Waals surface area contributed by atoms with Gasteiger partial charge in [0.05, 0.1) is 26.7 Å². The van der Waals surface area contributed by atoms with Crippen molar-refractivity contribution in [1.82, 2.24) is 14.6 Å². The first-order valence-electron chi connectivity index (χ1n) is 9.12. The SMILES string of the molecule is Cc1nc2ccc(S(=O)(=O)N(CC(=O)NC3CC3)Cc3ccccc3)cc2s1. The Morgan fingerprint density at radius 3 is 2.68 bits per heavy atom. The molecule has 1 saturated carbocycles. The monoisotopic (exact) mass is 415 g/mol. The number of fused-ring (bicyclic) bond motifs is 1. The van der Waals surface area contributed by atoms with Gasteiger partial charge in [-0.15, -0.1) is 11.3 Å². The molecule has 0 spiro atoms. The molecule has 1 aliphatic rings. The maximum absolute atomic E-state index is 13.4. The van der Waals surface area contributed by atoms with Crippen LogP contribution in [-0.4, -0.2) is 36.2 Å². The topological polar surface area (TPSA) is 79.4 Å². The quantitative estimate of drug-likeness (QED) is 0.643. The first-order valence-corrected chi connectivity index (χ1v) is 11.4. The second kappa shape index (κ2) is 7.62. The Balaban J connectivity index is 1.65. The van der Waals surface area contributed by atoms with E-state index in [1.54, 1.807) is 18.2 Å². The Bertz CT molecular complexity index is 1110. The Hall–Kier alpha value is -2.29. The molecular weight excluding hydrogens is 394 g/mol. The van der Waals surface area contributed by atoms with Crippen LogP contribution in [0.1, 0.15) is 23.4 Å². The molecule has 1 N–H and O–H groups in total. The molecule has 0 bridgehead atoms. The van der Waals surface area contributed by atoms with Crippen molar-refractivity contribution in [2.75, 3.05) is 6.54 Å². The molecule has 8 heteroatoms. The van der Waals surface area contributed by atoms with Crippen LogP contribution in [0.4, 0.5) is 0 Å². The van der Waals surface area contributed by atoms with E-state index in [1.807, 2.05) is 37.3 Å². The number of carbonyl (C=O) groups is 1. The van der Waals surface area contributed by atoms with Crippen LogP contribution in [0, 0.1) is 6.92 Å². The van der Waals surface area contributed by atoms with Crippen LogP contribution in [0.3, 0.4) is 0 Å². The second-order valence-electron chi connectivity index (χ2n) is 6.96. The zero-order chi connectivity index (χ0) is 19.7. The number of aryl methyl sites for hydroxylation is 1. The predicted octanol–water partition coefficient (Wildman–Crippen LogP) is 3.07. The molecule has 0 atom stereocenters. The summed E-state index contributed by atoms with van der Waals surface area (Å²) >= 11 is 1.46. The highest BCUT2D eigenvalue weighted by Gasteiger charge is 2.30. The van der Waals surface area contributed by atoms with Gasteiger partial charge in [-0.1, -0.05) is 30.3 Å². The summed E-state index contributed by atoms with van der Waals surface area (Å²) in [7, 11) is -3.84. The van der Waals surface area contributed by atoms with Gasteiger partial charge in [-0.3, -0.25) is 4.79 Å². The van der Waals surface area contributed by atoms with Crippen molar-refractivity contribution in [3.63, 3.8) is 0 Å². The Morgan fingerprint density at radius 1 is 1.21 bits per heavy atom. The normalized spacial score (nSPS) is 14.5. The molecular formula is C20H21N3O3S2. The molecule has 1 heterocycles. The van der Waals surface area contributed by atoms with E-state index in [1.165, 1.54) is 15.6 Å². The maximum Gasteiger partial charge on any atom is 0.243 e. The van der Waals surface area contributed by atoms with Gasteiger partial charge >= 0.3 is 0 Å². The molecule has 3 aromatic rings. The van der Waals surface area contributed by atoms with Gasteiger partial charge in [0.2, 0.25) is 15.9 Å². The summed E-state index contributed by atoms with van der Waals surface area (Å²) in [4.78, 5) is 16.9. The number of aromatic nitrogens is 1. The van der Waals surface area contributed by atoms with Gasteiger partial charge in [0.15, 0.2) is 0 Å². The highest BCUT2D eigenvalue weighted by Crippen LogP contribution is 2.27. The third-order valence-corrected chi connectivity index (χ3v) is 7.29. The highest BCUT2D eigenvalue weighted by atomic mass is 32.2. The van der Waals surface area contributed by atoms with Crippen LogP contribution in [0.15, 0.2) is 53.4 Å². The molecule has 1 aromatic heterocycles. The van der Waals surface area contributed by atoms with Crippen LogP contribution >= 0.6 is 11.3 Å². The number of nitrogens with zero attached hydrogens (tertiary/aromatic N) is 2. The highest BCUT2D eigenvalue weighted by molar-refractivity contribution is 7.89. The molecule has 146 valence electrons. The molecule has 1 aliphatic carbocycles. The van der Waals surface area contributed by atoms with E-state index in [4.69, 9.17) is 0 Å². The zero-order valence-corrected chi connectivity index (χ0v) is 17.1. The van der Waals surface area contributed by atoms with E-state index in [2.05, 4.69) is 10.3 Å². The first-order chi connectivity index (χ1) is 13.4. The van der Waals surface area contributed by atoms with Crippen LogP contribution in [-0.2, 0) is 21.4 Å². The standard InChI is InChI=1S/C20H21N3O3S2/c1-14-21-18-10-9-17(11-19(18)27-14)28(25,26)23(12-15-5-3-2-4-6-15)13-20(24)22-16-7-8-16/h2-6,9-11,16H,7-8,12-13H2,1H3,(H,22,24). The number of hydrogen-bond acceptors (Lipinski definition) is 5. The fraction of sp³-hybridized carbons (Fsp3) is 0.300. The molecule has 0 unspecified atom stereocenters. The van der Waals surface area contributed by atoms with Gasteiger partial charge in [-0.25, -0.2) is 13.4 Å². The van der Waals surface area contributed by atoms with Crippen molar-refractivity contribution < 1.29 is 13.2 Å². The summed E-state index contributed by atoms with van der Waals surface area (Å²) in [6.07, 6.45) is 1.91. The Labute approximate surface area is 168 Å². The first kappa shape index (κ1) is 19.0. The van der Waals surface area contributed by atoms with Crippen LogP contribution in [0.2, 0.25) is 0 Å². The number of hydrogen-bond donors (Lipinski definition) is 1. The van der Waals surface area contributed by atoms with E-state index >= 15 is 0 Å². The van der Waals surface area contributed by atoms with Crippen molar-refractivity contribution in [2.45, 2.75) is 37.2 Å². The minimum absolute atomic E-state index is 0.140. The third kappa shape index (κ3) is 4.24. The molecule has 28 heavy (non-hydrogen) atoms. The fourth-order valence-corrected chi connectivity index (χ4v) is 5.36. The summed E-state index contributed by atoms with van der Waals surface area (Å²) in [5.41, 5.74) is 1.61. The van der Waals surface area contributed by atoms with Crippen molar-refractivity contribution >= 4 is 37.5 Å². The van der Waals surface area contributed by atoms with E-state index in [0.717, 1.165) is 33.6 Å². The zero-order valence-electron chi connectivity index (χ0n) is 15.5. The average molecular weight is 416 g/mol. The van der Waals surface area contributed by atoms with Crippen LogP contribution in [0.25, 0.3) is 10.2 Å². The van der Waals surface area contributed by atoms with Crippen LogP contribution in [0.5, 0.6) is 0 Å². The minimum atomic E-state index is -3.84. The van der Waals surface area contributed by atoms with Gasteiger partial charge in [0.1, 0.15) is 0 Å². The molecule has 6 nitrogen and oxygen atoms in total. The lowest BCUT2D eigenvalue weighted by Crippen LogP contribution is -2.41. The Kier molecular flexibility index (Phi) is 5.18. The predicted molar refractivity (Wildman–Crippen MR) is 110 cm³/mol. The van der Waals surface area contributed by atoms with Gasteiger partial charge < -0.3 is 5.32 Å². The van der Waals surface area contributed by atoms with Crippen molar-refractivity contribution in [3.8, 4) is 0 Å². The van der Waals surface area contributed by atoms with Crippen molar-refractivity contribution in [1.29, 1.82) is 0 Å². The van der Waals surface area contributed by atoms with E-state index in [9.17, 15) is 13.2 Å². The number of rotatable bonds is 7. The minimum Gasteiger partial charge on any atom is -0.352 e. The molecule has 0 aliphatic heterocycles. The lowest BCUT2D eigenvalue weighted by molar-refractivity contribution is -0.121. The number of nitrogens with one attached hydrogen (secondary N) is 1. The van der Waals surface area contributed by atoms with E-state index in [-0.39, 0.29) is 29.9 Å². The number of benzene rings is 2. The number of amides is 1. The van der Waals surface area contributed by atoms with E-state index in [0.29, 0.717) is 0 Å². The summed E-state index contributed by atoms with van der Waals surface area (Å²) in [5, 5.41) is 3.76. The maximum atomic E-state index is 13.4. The molecule has 2 aromatic carbocycles. The molecule has 0 saturated heterocycles. The van der Waals surface area contributed by atoms with Crippen LogP contribution < -0.4 is 5.32 Å². The smallest absolute Gasteiger partial charge is 0.243 e. The number of carbonyl (C=O) groups excluding carboxylic acids is 1. The van der Waals surface area contributed by atoms with Crippen molar-refractivity contribution in [2.24, 2.45) is 0 Å². The summed E-state index contributed by atoms with van der Waals surface area (Å²) in [6, 6.07) is 14.4. The summed E-state index contributed by atoms with van der Waals surface area (Å²) in [6.45, 7) is 1.83. The molecule has 1 amide bonds. The lowest BCUT2D eigenvalue weighted by atomic mass is 10.2. The molecule has 1 fully saturated rings. The number of sulfonamides is 1. The third-order valence-electron chi connectivity index (χ3n) is 4.57. The van der Waals surface area contributed by atoms with Crippen molar-refractivity contribution in [3.05, 3.63) is 59.1 Å². The largest absolute Gasteiger partial charge is 0.352 e. The van der Waals surface area contributed by atoms with Gasteiger partial charge in [0, 0.05) is 12.6 Å². The molecule has 0 radical (unpaired) electrons. The van der Waals surface area contributed by atoms with Gasteiger partial charge in [0.25, 0.3) is 0 Å². The van der Waals surface area contributed by atoms with Gasteiger partial charge in [-0.05, 0) is 43.5 Å². The number of thiazole rings is 1. The summed E-state index contributed by atoms with van der Waals surface area (Å²) in [5.74, 6) is -0.267. The molecule has 4 rings (SSSR count). The Morgan fingerprint density at radius 2 is 1.96 bits per heavy atom. The second-order valence-corrected chi connectivity index (χ2v) is 10.1. The lowest BCUT2D eigenvalue weighted by Gasteiger charge is -2.22. The van der Waals surface area contributed by atoms with Gasteiger partial charge in [-0.2, -0.15) is 4.31 Å². The van der Waals surface area contributed by atoms with E-state index < -0.39 is 10.0 Å². The summed E-state index contributed by atoms with van der Waals surface area (Å²) < 4.78 is 28.8. The fourth-order valence-electron chi connectivity index (χ4n) is 3.00. The average Bonchev–Trinajstić information content (AvgIpc) is 3.39.